The molecule has 0 fully saturated rings. The lowest BCUT2D eigenvalue weighted by Crippen LogP contribution is -2.24. The Balaban J connectivity index is 1.52. The van der Waals surface area contributed by atoms with Crippen molar-refractivity contribution in [2.45, 2.75) is 13.8 Å². The zero-order valence-electron chi connectivity index (χ0n) is 19.4. The highest BCUT2D eigenvalue weighted by Gasteiger charge is 2.10. The van der Waals surface area contributed by atoms with Gasteiger partial charge in [0, 0.05) is 5.69 Å². The number of nitrogens with zero attached hydrogens (tertiary/aromatic N) is 1. The quantitative estimate of drug-likeness (QED) is 0.299. The molecule has 35 heavy (non-hydrogen) atoms. The first-order chi connectivity index (χ1) is 16.9. The van der Waals surface area contributed by atoms with Crippen LogP contribution < -0.4 is 25.0 Å². The number of nitrogens with one attached hydrogen (secondary N) is 2. The Morgan fingerprint density at radius 1 is 0.886 bits per heavy atom. The predicted octanol–water partition coefficient (Wildman–Crippen LogP) is 4.59. The van der Waals surface area contributed by atoms with Crippen LogP contribution in [0.1, 0.15) is 18.1 Å². The molecule has 0 saturated carbocycles. The molecule has 2 amide bonds. The van der Waals surface area contributed by atoms with Gasteiger partial charge < -0.3 is 19.5 Å². The van der Waals surface area contributed by atoms with Crippen LogP contribution in [0, 0.1) is 6.92 Å². The number of aryl methyl sites for hydroxylation is 1. The third kappa shape index (κ3) is 8.35. The minimum absolute atomic E-state index is 0.178. The highest BCUT2D eigenvalue weighted by molar-refractivity contribution is 6.32. The molecule has 3 aromatic rings. The van der Waals surface area contributed by atoms with Crippen molar-refractivity contribution < 1.29 is 23.8 Å². The molecule has 0 heterocycles. The van der Waals surface area contributed by atoms with E-state index in [0.29, 0.717) is 40.1 Å². The fraction of sp³-hybridized carbons (Fsp3) is 0.192. The molecule has 9 heteroatoms. The first-order valence-electron chi connectivity index (χ1n) is 10.9. The number of anilines is 1. The van der Waals surface area contributed by atoms with Crippen molar-refractivity contribution in [1.82, 2.24) is 5.43 Å². The van der Waals surface area contributed by atoms with Crippen LogP contribution in [0.4, 0.5) is 5.69 Å². The molecule has 8 nitrogen and oxygen atoms in total. The second-order valence-corrected chi connectivity index (χ2v) is 7.76. The topological polar surface area (TPSA) is 98.2 Å². The van der Waals surface area contributed by atoms with Gasteiger partial charge in [-0.05, 0) is 61.9 Å². The fourth-order valence-corrected chi connectivity index (χ4v) is 3.08. The van der Waals surface area contributed by atoms with Crippen molar-refractivity contribution in [2.75, 3.05) is 25.1 Å². The molecule has 0 aromatic heterocycles. The molecule has 3 rings (SSSR count). The van der Waals surface area contributed by atoms with E-state index in [-0.39, 0.29) is 19.1 Å². The lowest BCUT2D eigenvalue weighted by Gasteiger charge is -2.12. The second kappa shape index (κ2) is 13.0. The Morgan fingerprint density at radius 2 is 1.60 bits per heavy atom. The van der Waals surface area contributed by atoms with Crippen molar-refractivity contribution in [3.8, 4) is 17.2 Å². The number of carbonyl (C=O) groups excluding carboxylic acids is 2. The summed E-state index contributed by atoms with van der Waals surface area (Å²) in [6.07, 6.45) is 1.46. The van der Waals surface area contributed by atoms with E-state index in [1.807, 2.05) is 38.1 Å². The average molecular weight is 496 g/mol. The number of carbonyl (C=O) groups is 2. The third-order valence-corrected chi connectivity index (χ3v) is 4.87. The van der Waals surface area contributed by atoms with Gasteiger partial charge in [-0.1, -0.05) is 41.4 Å². The van der Waals surface area contributed by atoms with Crippen LogP contribution in [-0.4, -0.2) is 37.8 Å². The van der Waals surface area contributed by atoms with Gasteiger partial charge in [-0.25, -0.2) is 5.43 Å². The molecule has 0 saturated heterocycles. The maximum Gasteiger partial charge on any atom is 0.277 e. The van der Waals surface area contributed by atoms with Gasteiger partial charge in [0.05, 0.1) is 17.8 Å². The van der Waals surface area contributed by atoms with Gasteiger partial charge in [-0.3, -0.25) is 9.59 Å². The highest BCUT2D eigenvalue weighted by Crippen LogP contribution is 2.28. The molecule has 0 aliphatic carbocycles. The zero-order valence-corrected chi connectivity index (χ0v) is 20.2. The summed E-state index contributed by atoms with van der Waals surface area (Å²) in [6.45, 7) is 3.81. The molecule has 0 unspecified atom stereocenters. The normalized spacial score (nSPS) is 10.6. The van der Waals surface area contributed by atoms with E-state index in [9.17, 15) is 9.59 Å². The molecule has 0 aliphatic heterocycles. The van der Waals surface area contributed by atoms with Crippen LogP contribution in [0.2, 0.25) is 5.02 Å². The van der Waals surface area contributed by atoms with E-state index in [4.69, 9.17) is 25.8 Å². The minimum Gasteiger partial charge on any atom is -0.490 e. The number of amides is 2. The number of rotatable bonds is 11. The van der Waals surface area contributed by atoms with Gasteiger partial charge in [0.15, 0.2) is 24.7 Å². The van der Waals surface area contributed by atoms with E-state index in [1.54, 1.807) is 42.5 Å². The smallest absolute Gasteiger partial charge is 0.277 e. The second-order valence-electron chi connectivity index (χ2n) is 7.35. The van der Waals surface area contributed by atoms with Crippen molar-refractivity contribution >= 4 is 35.3 Å². The average Bonchev–Trinajstić information content (AvgIpc) is 2.85. The van der Waals surface area contributed by atoms with E-state index in [2.05, 4.69) is 15.8 Å². The summed E-state index contributed by atoms with van der Waals surface area (Å²) < 4.78 is 16.6. The summed E-state index contributed by atoms with van der Waals surface area (Å²) in [4.78, 5) is 24.2. The van der Waals surface area contributed by atoms with E-state index >= 15 is 0 Å². The Bertz CT molecular complexity index is 1180. The fourth-order valence-electron chi connectivity index (χ4n) is 2.89. The van der Waals surface area contributed by atoms with Crippen LogP contribution in [0.15, 0.2) is 71.8 Å². The number of benzene rings is 3. The molecular formula is C26H26ClN3O5. The molecule has 2 N–H and O–H groups in total. The molecular weight excluding hydrogens is 470 g/mol. The third-order valence-electron chi connectivity index (χ3n) is 4.56. The van der Waals surface area contributed by atoms with Gasteiger partial charge in [0.1, 0.15) is 5.75 Å². The summed E-state index contributed by atoms with van der Waals surface area (Å²) in [5, 5.41) is 7.14. The van der Waals surface area contributed by atoms with Gasteiger partial charge in [0.25, 0.3) is 11.8 Å². The number of ether oxygens (including phenoxy) is 3. The van der Waals surface area contributed by atoms with Crippen LogP contribution >= 0.6 is 11.6 Å². The van der Waals surface area contributed by atoms with Crippen molar-refractivity contribution in [2.24, 2.45) is 5.10 Å². The van der Waals surface area contributed by atoms with Crippen molar-refractivity contribution in [3.05, 3.63) is 82.9 Å². The first kappa shape index (κ1) is 25.6. The SMILES string of the molecule is CCOc1cc(/C=N/NC(=O)COc2ccccc2Cl)ccc1OCC(=O)Nc1ccc(C)cc1. The van der Waals surface area contributed by atoms with Crippen molar-refractivity contribution in [1.29, 1.82) is 0 Å². The molecule has 182 valence electrons. The largest absolute Gasteiger partial charge is 0.490 e. The molecule has 0 radical (unpaired) electrons. The number of para-hydroxylation sites is 1. The standard InChI is InChI=1S/C26H26ClN3O5/c1-3-33-24-14-19(15-28-30-26(32)17-34-22-7-5-4-6-21(22)27)10-13-23(24)35-16-25(31)29-20-11-8-18(2)9-12-20/h4-15H,3,16-17H2,1-2H3,(H,29,31)(H,30,32)/b28-15+. The lowest BCUT2D eigenvalue weighted by atomic mass is 10.2. The molecule has 0 bridgehead atoms. The highest BCUT2D eigenvalue weighted by atomic mass is 35.5. The van der Waals surface area contributed by atoms with Gasteiger partial charge in [-0.2, -0.15) is 5.10 Å². The maximum absolute atomic E-state index is 12.2. The Kier molecular flexibility index (Phi) is 9.50. The predicted molar refractivity (Wildman–Crippen MR) is 136 cm³/mol. The summed E-state index contributed by atoms with van der Waals surface area (Å²) in [7, 11) is 0. The summed E-state index contributed by atoms with van der Waals surface area (Å²) in [5.41, 5.74) is 4.86. The summed E-state index contributed by atoms with van der Waals surface area (Å²) >= 11 is 6.00. The molecule has 0 atom stereocenters. The molecule has 0 aliphatic rings. The van der Waals surface area contributed by atoms with Crippen molar-refractivity contribution in [3.63, 3.8) is 0 Å². The molecule has 3 aromatic carbocycles. The summed E-state index contributed by atoms with van der Waals surface area (Å²) in [6, 6.07) is 19.5. The van der Waals surface area contributed by atoms with Crippen LogP contribution in [0.25, 0.3) is 0 Å². The van der Waals surface area contributed by atoms with E-state index in [0.717, 1.165) is 5.56 Å². The van der Waals surface area contributed by atoms with Crippen LogP contribution in [-0.2, 0) is 9.59 Å². The Labute approximate surface area is 208 Å². The number of halogens is 1. The van der Waals surface area contributed by atoms with Gasteiger partial charge >= 0.3 is 0 Å². The maximum atomic E-state index is 12.2. The first-order valence-corrected chi connectivity index (χ1v) is 11.3. The number of hydrazone groups is 1. The van der Waals surface area contributed by atoms with E-state index in [1.165, 1.54) is 6.21 Å². The number of hydrogen-bond acceptors (Lipinski definition) is 6. The van der Waals surface area contributed by atoms with Gasteiger partial charge in [-0.15, -0.1) is 0 Å². The van der Waals surface area contributed by atoms with Gasteiger partial charge in [0.2, 0.25) is 0 Å². The van der Waals surface area contributed by atoms with E-state index < -0.39 is 5.91 Å². The Hall–Kier alpha value is -4.04. The van der Waals surface area contributed by atoms with Crippen LogP contribution in [0.5, 0.6) is 17.2 Å². The summed E-state index contributed by atoms with van der Waals surface area (Å²) in [5.74, 6) is 0.556. The lowest BCUT2D eigenvalue weighted by molar-refractivity contribution is -0.123. The molecule has 0 spiro atoms. The number of hydrogen-bond donors (Lipinski definition) is 2. The monoisotopic (exact) mass is 495 g/mol. The van der Waals surface area contributed by atoms with Crippen LogP contribution in [0.3, 0.4) is 0 Å². The minimum atomic E-state index is -0.439. The Morgan fingerprint density at radius 3 is 2.34 bits per heavy atom. The zero-order chi connectivity index (χ0) is 25.0.